The number of nitrogens with zero attached hydrogens (tertiary/aromatic N) is 1. The van der Waals surface area contributed by atoms with Crippen LogP contribution in [0.1, 0.15) is 36.3 Å². The molecule has 0 saturated heterocycles. The zero-order valence-electron chi connectivity index (χ0n) is 18.6. The number of carbonyl (C=O) groups excluding carboxylic acids is 1. The van der Waals surface area contributed by atoms with Gasteiger partial charge in [0.2, 0.25) is 0 Å². The molecule has 4 nitrogen and oxygen atoms in total. The molecule has 2 N–H and O–H groups in total. The summed E-state index contributed by atoms with van der Waals surface area (Å²) >= 11 is 12.6. The van der Waals surface area contributed by atoms with E-state index in [1.807, 2.05) is 6.07 Å². The van der Waals surface area contributed by atoms with E-state index in [0.29, 0.717) is 51.8 Å². The predicted molar refractivity (Wildman–Crippen MR) is 138 cm³/mol. The average molecular weight is 507 g/mol. The minimum Gasteiger partial charge on any atom is -0.507 e. The number of Topliss-reactive ketones (excluding diaryl/α,β-unsaturated/α-hetero) is 1. The molecule has 0 bridgehead atoms. The van der Waals surface area contributed by atoms with Gasteiger partial charge in [0.25, 0.3) is 0 Å². The number of anilines is 1. The topological polar surface area (TPSA) is 64.4 Å². The van der Waals surface area contributed by atoms with Crippen LogP contribution in [0.2, 0.25) is 10.0 Å². The van der Waals surface area contributed by atoms with Crippen LogP contribution in [0.4, 0.5) is 10.1 Å². The number of hydrogen-bond acceptors (Lipinski definition) is 3. The predicted octanol–water partition coefficient (Wildman–Crippen LogP) is 7.69. The van der Waals surface area contributed by atoms with E-state index in [1.54, 1.807) is 65.6 Å². The molecule has 5 rings (SSSR count). The molecule has 1 heterocycles. The summed E-state index contributed by atoms with van der Waals surface area (Å²) in [5.74, 6) is -1.83. The number of benzene rings is 3. The highest BCUT2D eigenvalue weighted by Gasteiger charge is 2.44. The molecule has 3 aromatic carbocycles. The first-order chi connectivity index (χ1) is 16.9. The summed E-state index contributed by atoms with van der Waals surface area (Å²) in [5.41, 5.74) is 2.33. The normalized spacial score (nSPS) is 19.6. The molecule has 7 heteroatoms. The lowest BCUT2D eigenvalue weighted by atomic mass is 9.73. The first-order valence-electron chi connectivity index (χ1n) is 11.2. The zero-order valence-corrected chi connectivity index (χ0v) is 20.1. The van der Waals surface area contributed by atoms with Gasteiger partial charge in [-0.15, -0.1) is 0 Å². The fraction of sp³-hybridized carbons (Fsp3) is 0.143. The maximum atomic E-state index is 15.2. The number of carbonyl (C=O) groups is 1. The van der Waals surface area contributed by atoms with Crippen LogP contribution in [0.25, 0.3) is 5.76 Å². The number of rotatable bonds is 3. The molecule has 176 valence electrons. The maximum absolute atomic E-state index is 15.2. The lowest BCUT2D eigenvalue weighted by Gasteiger charge is -2.42. The molecule has 1 aliphatic carbocycles. The van der Waals surface area contributed by atoms with Crippen LogP contribution in [0.5, 0.6) is 0 Å². The third-order valence-electron chi connectivity index (χ3n) is 6.38. The number of ketones is 1. The highest BCUT2D eigenvalue weighted by Crippen LogP contribution is 2.48. The Hall–Kier alpha value is -3.41. The summed E-state index contributed by atoms with van der Waals surface area (Å²) in [6.07, 6.45) is 1.42. The second-order valence-electron chi connectivity index (χ2n) is 8.53. The third kappa shape index (κ3) is 4.15. The van der Waals surface area contributed by atoms with Gasteiger partial charge in [0.1, 0.15) is 17.4 Å². The number of hydrogen-bond donors (Lipinski definition) is 2. The fourth-order valence-corrected chi connectivity index (χ4v) is 5.43. The summed E-state index contributed by atoms with van der Waals surface area (Å²) < 4.78 is 15.2. The van der Waals surface area contributed by atoms with Gasteiger partial charge in [-0.05, 0) is 37.1 Å². The average Bonchev–Trinajstić information content (AvgIpc) is 2.83. The van der Waals surface area contributed by atoms with Crippen LogP contribution in [0, 0.1) is 11.2 Å². The Morgan fingerprint density at radius 3 is 2.31 bits per heavy atom. The second kappa shape index (κ2) is 9.33. The van der Waals surface area contributed by atoms with Crippen molar-refractivity contribution >= 4 is 46.3 Å². The van der Waals surface area contributed by atoms with Crippen LogP contribution >= 0.6 is 23.2 Å². The number of amidine groups is 1. The summed E-state index contributed by atoms with van der Waals surface area (Å²) in [7, 11) is 0. The van der Waals surface area contributed by atoms with Crippen molar-refractivity contribution in [3.05, 3.63) is 117 Å². The molecule has 1 aliphatic heterocycles. The van der Waals surface area contributed by atoms with E-state index in [2.05, 4.69) is 0 Å². The fourth-order valence-electron chi connectivity index (χ4n) is 4.92. The van der Waals surface area contributed by atoms with E-state index in [9.17, 15) is 15.3 Å². The molecular formula is C28H21Cl2FN2O2. The first kappa shape index (κ1) is 23.3. The van der Waals surface area contributed by atoms with Crippen LogP contribution in [-0.4, -0.2) is 16.7 Å². The Balaban J connectivity index is 1.86. The number of halogens is 3. The van der Waals surface area contributed by atoms with Crippen molar-refractivity contribution in [3.63, 3.8) is 0 Å². The quantitative estimate of drug-likeness (QED) is 0.357. The second-order valence-corrected chi connectivity index (χ2v) is 9.40. The molecule has 1 atom stereocenters. The van der Waals surface area contributed by atoms with Crippen molar-refractivity contribution in [2.45, 2.75) is 25.2 Å². The molecule has 1 unspecified atom stereocenters. The van der Waals surface area contributed by atoms with Gasteiger partial charge in [0, 0.05) is 50.4 Å². The minimum atomic E-state index is -0.933. The van der Waals surface area contributed by atoms with Gasteiger partial charge in [0.15, 0.2) is 5.78 Å². The lowest BCUT2D eigenvalue weighted by Crippen LogP contribution is -2.42. The molecule has 0 fully saturated rings. The molecule has 0 saturated carbocycles. The van der Waals surface area contributed by atoms with E-state index in [1.165, 1.54) is 6.07 Å². The molecule has 3 aromatic rings. The maximum Gasteiger partial charge on any atom is 0.161 e. The van der Waals surface area contributed by atoms with Crippen LogP contribution < -0.4 is 4.90 Å². The molecule has 0 amide bonds. The van der Waals surface area contributed by atoms with E-state index in [-0.39, 0.29) is 28.5 Å². The monoisotopic (exact) mass is 506 g/mol. The largest absolute Gasteiger partial charge is 0.507 e. The molecule has 35 heavy (non-hydrogen) atoms. The van der Waals surface area contributed by atoms with Gasteiger partial charge in [-0.1, -0.05) is 71.7 Å². The van der Waals surface area contributed by atoms with Gasteiger partial charge in [-0.3, -0.25) is 15.1 Å². The van der Waals surface area contributed by atoms with E-state index >= 15 is 4.39 Å². The molecular weight excluding hydrogens is 486 g/mol. The van der Waals surface area contributed by atoms with E-state index < -0.39 is 11.7 Å². The summed E-state index contributed by atoms with van der Waals surface area (Å²) in [6.45, 7) is 0. The van der Waals surface area contributed by atoms with Crippen molar-refractivity contribution < 1.29 is 14.3 Å². The number of aliphatic hydroxyl groups is 1. The number of allylic oxidation sites excluding steroid dienone is 2. The number of aliphatic hydroxyl groups excluding tert-OH is 1. The smallest absolute Gasteiger partial charge is 0.161 e. The third-order valence-corrected chi connectivity index (χ3v) is 6.82. The van der Waals surface area contributed by atoms with Crippen molar-refractivity contribution in [1.29, 1.82) is 5.41 Å². The highest BCUT2D eigenvalue weighted by molar-refractivity contribution is 6.35. The van der Waals surface area contributed by atoms with Crippen molar-refractivity contribution in [1.82, 2.24) is 0 Å². The van der Waals surface area contributed by atoms with Crippen LogP contribution in [-0.2, 0) is 4.79 Å². The standard InChI is InChI=1S/C28H21Cl2FN2O2/c29-17-13-18(30)15-19(14-17)33-22-11-6-12-23(34)25(22)24(20-9-4-5-10-21(20)31)26(28(33)32)27(35)16-7-2-1-3-8-16/h1-5,7-10,13-15,24,32,35H,6,11-12H2/b27-26+,32-28?. The van der Waals surface area contributed by atoms with Crippen molar-refractivity contribution in [2.24, 2.45) is 0 Å². The highest BCUT2D eigenvalue weighted by atomic mass is 35.5. The van der Waals surface area contributed by atoms with Crippen LogP contribution in [0.15, 0.2) is 89.6 Å². The van der Waals surface area contributed by atoms with Gasteiger partial charge < -0.3 is 5.11 Å². The first-order valence-corrected chi connectivity index (χ1v) is 12.0. The molecule has 0 spiro atoms. The Kier molecular flexibility index (Phi) is 6.22. The van der Waals surface area contributed by atoms with Crippen molar-refractivity contribution in [3.8, 4) is 0 Å². The van der Waals surface area contributed by atoms with E-state index in [4.69, 9.17) is 23.2 Å². The summed E-state index contributed by atoms with van der Waals surface area (Å²) in [6, 6.07) is 19.9. The summed E-state index contributed by atoms with van der Waals surface area (Å²) in [5, 5.41) is 21.5. The van der Waals surface area contributed by atoms with Gasteiger partial charge in [0.05, 0.1) is 5.69 Å². The Morgan fingerprint density at radius 1 is 0.971 bits per heavy atom. The minimum absolute atomic E-state index is 0.0635. The number of nitrogens with one attached hydrogen (secondary N) is 1. The lowest BCUT2D eigenvalue weighted by molar-refractivity contribution is -0.116. The zero-order chi connectivity index (χ0) is 24.7. The molecule has 2 aliphatic rings. The van der Waals surface area contributed by atoms with Gasteiger partial charge in [-0.2, -0.15) is 0 Å². The Morgan fingerprint density at radius 2 is 1.63 bits per heavy atom. The van der Waals surface area contributed by atoms with Gasteiger partial charge in [-0.25, -0.2) is 4.39 Å². The van der Waals surface area contributed by atoms with Gasteiger partial charge >= 0.3 is 0 Å². The summed E-state index contributed by atoms with van der Waals surface area (Å²) in [4.78, 5) is 15.0. The van der Waals surface area contributed by atoms with Crippen molar-refractivity contribution in [2.75, 3.05) is 4.90 Å². The SMILES string of the molecule is N=C1/C(=C(/O)c2ccccc2)C(c2ccccc2F)C2=C(CCCC2=O)N1c1cc(Cl)cc(Cl)c1. The van der Waals surface area contributed by atoms with Crippen LogP contribution in [0.3, 0.4) is 0 Å². The van der Waals surface area contributed by atoms with E-state index in [0.717, 1.165) is 0 Å². The Labute approximate surface area is 212 Å². The molecule has 0 aromatic heterocycles. The Bertz CT molecular complexity index is 1400. The molecule has 0 radical (unpaired) electrons.